The lowest BCUT2D eigenvalue weighted by Gasteiger charge is -2.31. The number of rotatable bonds is 4. The fourth-order valence-corrected chi connectivity index (χ4v) is 3.01. The van der Waals surface area contributed by atoms with E-state index in [-0.39, 0.29) is 11.7 Å². The van der Waals surface area contributed by atoms with Gasteiger partial charge in [-0.05, 0) is 56.2 Å². The molecule has 0 aromatic heterocycles. The van der Waals surface area contributed by atoms with Crippen molar-refractivity contribution in [2.45, 2.75) is 25.3 Å². The van der Waals surface area contributed by atoms with Crippen LogP contribution in [0, 0.1) is 11.6 Å². The lowest BCUT2D eigenvalue weighted by molar-refractivity contribution is -0.147. The predicted octanol–water partition coefficient (Wildman–Crippen LogP) is 3.84. The Balaban J connectivity index is 1.76. The number of aliphatic carboxylic acids is 1. The maximum atomic E-state index is 13.2. The van der Waals surface area contributed by atoms with Gasteiger partial charge in [0.15, 0.2) is 11.6 Å². The number of carboxylic acid groups (broad SMARTS) is 1. The lowest BCUT2D eigenvalue weighted by Crippen LogP contribution is -2.50. The number of halogens is 2. The van der Waals surface area contributed by atoms with Gasteiger partial charge >= 0.3 is 5.97 Å². The van der Waals surface area contributed by atoms with E-state index >= 15 is 0 Å². The van der Waals surface area contributed by atoms with Gasteiger partial charge in [0.25, 0.3) is 5.91 Å². The van der Waals surface area contributed by atoms with Crippen molar-refractivity contribution in [2.24, 2.45) is 0 Å². The van der Waals surface area contributed by atoms with Crippen LogP contribution >= 0.6 is 0 Å². The van der Waals surface area contributed by atoms with Crippen molar-refractivity contribution in [2.75, 3.05) is 6.54 Å². The van der Waals surface area contributed by atoms with E-state index in [1.54, 1.807) is 6.92 Å². The van der Waals surface area contributed by atoms with Crippen LogP contribution in [0.4, 0.5) is 8.78 Å². The fraction of sp³-hybridized carbons (Fsp3) is 0.263. The first-order valence-corrected chi connectivity index (χ1v) is 8.09. The Morgan fingerprint density at radius 2 is 1.73 bits per heavy atom. The lowest BCUT2D eigenvalue weighted by atomic mass is 9.98. The average molecular weight is 361 g/mol. The highest BCUT2D eigenvalue weighted by atomic mass is 19.2. The average Bonchev–Trinajstić information content (AvgIpc) is 3.01. The molecule has 0 bridgehead atoms. The first-order valence-electron chi connectivity index (χ1n) is 8.09. The van der Waals surface area contributed by atoms with Crippen LogP contribution < -0.4 is 4.74 Å². The molecule has 26 heavy (non-hydrogen) atoms. The number of likely N-dealkylation sites (tertiary alicyclic amines) is 1. The smallest absolute Gasteiger partial charge is 0.329 e. The molecule has 3 rings (SSSR count). The van der Waals surface area contributed by atoms with Crippen molar-refractivity contribution < 1.29 is 28.2 Å². The van der Waals surface area contributed by atoms with Crippen LogP contribution in [0.1, 0.15) is 30.1 Å². The number of benzene rings is 2. The molecule has 1 unspecified atom stereocenters. The van der Waals surface area contributed by atoms with Crippen LogP contribution in [0.25, 0.3) is 0 Å². The number of carbonyl (C=O) groups is 2. The quantitative estimate of drug-likeness (QED) is 0.899. The second kappa shape index (κ2) is 6.74. The van der Waals surface area contributed by atoms with Crippen molar-refractivity contribution in [1.82, 2.24) is 4.90 Å². The van der Waals surface area contributed by atoms with Crippen molar-refractivity contribution in [3.8, 4) is 11.5 Å². The topological polar surface area (TPSA) is 66.8 Å². The third-order valence-electron chi connectivity index (χ3n) is 4.57. The van der Waals surface area contributed by atoms with E-state index in [4.69, 9.17) is 4.74 Å². The fourth-order valence-electron chi connectivity index (χ4n) is 3.01. The first-order chi connectivity index (χ1) is 12.3. The van der Waals surface area contributed by atoms with Crippen LogP contribution in [0.15, 0.2) is 42.5 Å². The van der Waals surface area contributed by atoms with Crippen molar-refractivity contribution in [1.29, 1.82) is 0 Å². The number of carboxylic acids is 1. The van der Waals surface area contributed by atoms with E-state index in [0.717, 1.165) is 12.1 Å². The van der Waals surface area contributed by atoms with Crippen molar-refractivity contribution in [3.63, 3.8) is 0 Å². The SMILES string of the molecule is CC1(C(=O)O)CCCN1C(=O)c1ccc(Oc2ccc(F)c(F)c2)cc1. The molecule has 2 aromatic carbocycles. The largest absolute Gasteiger partial charge is 0.480 e. The highest BCUT2D eigenvalue weighted by Gasteiger charge is 2.46. The number of amides is 1. The monoisotopic (exact) mass is 361 g/mol. The maximum Gasteiger partial charge on any atom is 0.329 e. The van der Waals surface area contributed by atoms with Gasteiger partial charge in [-0.15, -0.1) is 0 Å². The minimum absolute atomic E-state index is 0.126. The van der Waals surface area contributed by atoms with Crippen LogP contribution in [0.3, 0.4) is 0 Å². The molecule has 1 aliphatic rings. The van der Waals surface area contributed by atoms with Crippen molar-refractivity contribution in [3.05, 3.63) is 59.7 Å². The van der Waals surface area contributed by atoms with E-state index in [1.807, 2.05) is 0 Å². The summed E-state index contributed by atoms with van der Waals surface area (Å²) in [6, 6.07) is 9.24. The van der Waals surface area contributed by atoms with Gasteiger partial charge in [0, 0.05) is 18.2 Å². The summed E-state index contributed by atoms with van der Waals surface area (Å²) in [5.41, 5.74) is -0.880. The van der Waals surface area contributed by atoms with Gasteiger partial charge in [-0.25, -0.2) is 13.6 Å². The molecule has 0 saturated carbocycles. The number of hydrogen-bond donors (Lipinski definition) is 1. The molecule has 136 valence electrons. The Kier molecular flexibility index (Phi) is 4.63. The second-order valence-corrected chi connectivity index (χ2v) is 6.34. The standard InChI is InChI=1S/C19H17F2NO4/c1-19(18(24)25)9-2-10-22(19)17(23)12-3-5-13(6-4-12)26-14-7-8-15(20)16(21)11-14/h3-8,11H,2,9-10H2,1H3,(H,24,25). The molecule has 1 N–H and O–H groups in total. The Hall–Kier alpha value is -2.96. The molecule has 2 aromatic rings. The van der Waals surface area contributed by atoms with Gasteiger partial charge in [0.2, 0.25) is 0 Å². The number of nitrogens with zero attached hydrogens (tertiary/aromatic N) is 1. The van der Waals surface area contributed by atoms with E-state index in [2.05, 4.69) is 0 Å². The zero-order chi connectivity index (χ0) is 18.9. The van der Waals surface area contributed by atoms with E-state index in [1.165, 1.54) is 35.2 Å². The minimum Gasteiger partial charge on any atom is -0.480 e. The highest BCUT2D eigenvalue weighted by molar-refractivity contribution is 5.98. The van der Waals surface area contributed by atoms with Crippen LogP contribution in [-0.4, -0.2) is 34.0 Å². The molecule has 1 amide bonds. The van der Waals surface area contributed by atoms with Gasteiger partial charge < -0.3 is 14.7 Å². The molecule has 1 fully saturated rings. The normalized spacial score (nSPS) is 19.4. The summed E-state index contributed by atoms with van der Waals surface area (Å²) in [7, 11) is 0. The minimum atomic E-state index is -1.21. The number of ether oxygens (including phenoxy) is 1. The number of carbonyl (C=O) groups excluding carboxylic acids is 1. The van der Waals surface area contributed by atoms with Gasteiger partial charge in [-0.3, -0.25) is 4.79 Å². The molecule has 5 nitrogen and oxygen atoms in total. The van der Waals surface area contributed by atoms with E-state index in [0.29, 0.717) is 30.7 Å². The third kappa shape index (κ3) is 3.24. The summed E-state index contributed by atoms with van der Waals surface area (Å²) < 4.78 is 31.6. The molecule has 0 radical (unpaired) electrons. The van der Waals surface area contributed by atoms with E-state index < -0.39 is 23.1 Å². The zero-order valence-corrected chi connectivity index (χ0v) is 14.0. The van der Waals surface area contributed by atoms with Crippen molar-refractivity contribution >= 4 is 11.9 Å². The molecule has 0 aliphatic carbocycles. The third-order valence-corrected chi connectivity index (χ3v) is 4.57. The van der Waals surface area contributed by atoms with Gasteiger partial charge in [0.1, 0.15) is 17.0 Å². The molecule has 1 heterocycles. The number of hydrogen-bond acceptors (Lipinski definition) is 3. The second-order valence-electron chi connectivity index (χ2n) is 6.34. The Morgan fingerprint density at radius 1 is 1.08 bits per heavy atom. The molecular weight excluding hydrogens is 344 g/mol. The zero-order valence-electron chi connectivity index (χ0n) is 14.0. The summed E-state index contributed by atoms with van der Waals surface area (Å²) in [4.78, 5) is 25.5. The molecule has 1 aliphatic heterocycles. The molecule has 1 atom stereocenters. The predicted molar refractivity (Wildman–Crippen MR) is 89.2 cm³/mol. The van der Waals surface area contributed by atoms with E-state index in [9.17, 15) is 23.5 Å². The summed E-state index contributed by atoms with van der Waals surface area (Å²) in [5, 5.41) is 9.42. The molecular formula is C19H17F2NO4. The Morgan fingerprint density at radius 3 is 2.35 bits per heavy atom. The van der Waals surface area contributed by atoms with Crippen LogP contribution in [0.5, 0.6) is 11.5 Å². The molecule has 0 spiro atoms. The summed E-state index contributed by atoms with van der Waals surface area (Å²) in [5.74, 6) is -2.91. The maximum absolute atomic E-state index is 13.2. The highest BCUT2D eigenvalue weighted by Crippen LogP contribution is 2.31. The summed E-state index contributed by atoms with van der Waals surface area (Å²) >= 11 is 0. The summed E-state index contributed by atoms with van der Waals surface area (Å²) in [6.07, 6.45) is 1.04. The Bertz CT molecular complexity index is 853. The van der Waals surface area contributed by atoms with Gasteiger partial charge in [-0.1, -0.05) is 0 Å². The van der Waals surface area contributed by atoms with Gasteiger partial charge in [-0.2, -0.15) is 0 Å². The first kappa shape index (κ1) is 17.8. The van der Waals surface area contributed by atoms with Gasteiger partial charge in [0.05, 0.1) is 0 Å². The summed E-state index contributed by atoms with van der Waals surface area (Å²) in [6.45, 7) is 1.93. The Labute approximate surface area is 148 Å². The molecule has 1 saturated heterocycles. The van der Waals surface area contributed by atoms with Crippen LogP contribution in [-0.2, 0) is 4.79 Å². The van der Waals surface area contributed by atoms with Crippen LogP contribution in [0.2, 0.25) is 0 Å². The molecule has 7 heteroatoms.